The van der Waals surface area contributed by atoms with Gasteiger partial charge in [0.25, 0.3) is 0 Å². The number of unbranched alkanes of at least 4 members (excludes halogenated alkanes) is 4. The van der Waals surface area contributed by atoms with Crippen molar-refractivity contribution in [2.24, 2.45) is 11.8 Å². The lowest BCUT2D eigenvalue weighted by atomic mass is 9.77. The van der Waals surface area contributed by atoms with Gasteiger partial charge in [-0.25, -0.2) is 4.39 Å². The Morgan fingerprint density at radius 1 is 0.806 bits per heavy atom. The van der Waals surface area contributed by atoms with E-state index in [0.29, 0.717) is 5.56 Å². The number of rotatable bonds is 9. The van der Waals surface area contributed by atoms with Crippen LogP contribution < -0.4 is 0 Å². The highest BCUT2D eigenvalue weighted by Crippen LogP contribution is 2.34. The molecule has 0 unspecified atom stereocenters. The molecule has 1 aliphatic rings. The zero-order valence-corrected chi connectivity index (χ0v) is 19.7. The molecule has 0 radical (unpaired) electrons. The average Bonchev–Trinajstić information content (AvgIpc) is 2.80. The standard InChI is InChI=1S/C29H36ClF/c1-2-3-4-5-6-7-23-8-10-24(11-9-23)12-13-25-14-16-26(17-15-25)18-19-27-20-21-28(30)29(31)22-27/h14-17,20-24H,2-13H2,1H3/t23-,24-. The molecule has 0 bridgehead atoms. The van der Waals surface area contributed by atoms with Gasteiger partial charge in [-0.1, -0.05) is 107 Å². The van der Waals surface area contributed by atoms with Crippen LogP contribution in [-0.4, -0.2) is 0 Å². The molecule has 3 rings (SSSR count). The molecule has 2 aromatic rings. The van der Waals surface area contributed by atoms with E-state index in [1.807, 2.05) is 0 Å². The summed E-state index contributed by atoms with van der Waals surface area (Å²) in [6.45, 7) is 2.29. The fourth-order valence-corrected chi connectivity index (χ4v) is 4.81. The van der Waals surface area contributed by atoms with E-state index < -0.39 is 5.82 Å². The largest absolute Gasteiger partial charge is 0.205 e. The van der Waals surface area contributed by atoms with Crippen molar-refractivity contribution < 1.29 is 4.39 Å². The van der Waals surface area contributed by atoms with Gasteiger partial charge in [0, 0.05) is 11.1 Å². The van der Waals surface area contributed by atoms with Crippen LogP contribution in [0.3, 0.4) is 0 Å². The van der Waals surface area contributed by atoms with Crippen molar-refractivity contribution >= 4 is 11.6 Å². The van der Waals surface area contributed by atoms with Crippen molar-refractivity contribution in [2.75, 3.05) is 0 Å². The summed E-state index contributed by atoms with van der Waals surface area (Å²) in [6, 6.07) is 13.2. The Bertz CT molecular complexity index is 851. The first-order chi connectivity index (χ1) is 15.1. The van der Waals surface area contributed by atoms with E-state index in [1.165, 1.54) is 82.3 Å². The molecule has 31 heavy (non-hydrogen) atoms. The molecule has 1 aliphatic carbocycles. The molecule has 0 amide bonds. The second kappa shape index (κ2) is 12.9. The molecule has 0 atom stereocenters. The highest BCUT2D eigenvalue weighted by atomic mass is 35.5. The summed E-state index contributed by atoms with van der Waals surface area (Å²) in [5.41, 5.74) is 2.99. The van der Waals surface area contributed by atoms with Gasteiger partial charge in [-0.2, -0.15) is 0 Å². The highest BCUT2D eigenvalue weighted by molar-refractivity contribution is 6.30. The molecular weight excluding hydrogens is 403 g/mol. The maximum atomic E-state index is 13.5. The molecule has 0 saturated heterocycles. The molecule has 1 fully saturated rings. The minimum absolute atomic E-state index is 0.130. The van der Waals surface area contributed by atoms with Gasteiger partial charge >= 0.3 is 0 Å². The van der Waals surface area contributed by atoms with Gasteiger partial charge < -0.3 is 0 Å². The predicted molar refractivity (Wildman–Crippen MR) is 131 cm³/mol. The minimum atomic E-state index is -0.426. The highest BCUT2D eigenvalue weighted by Gasteiger charge is 2.20. The lowest BCUT2D eigenvalue weighted by Crippen LogP contribution is -2.15. The number of hydrogen-bond donors (Lipinski definition) is 0. The second-order valence-corrected chi connectivity index (χ2v) is 9.61. The van der Waals surface area contributed by atoms with Crippen LogP contribution in [0.4, 0.5) is 4.39 Å². The Morgan fingerprint density at radius 3 is 2.10 bits per heavy atom. The summed E-state index contributed by atoms with van der Waals surface area (Å²) in [6.07, 6.45) is 16.7. The Balaban J connectivity index is 1.37. The quantitative estimate of drug-likeness (QED) is 0.270. The van der Waals surface area contributed by atoms with Crippen molar-refractivity contribution in [3.8, 4) is 11.8 Å². The van der Waals surface area contributed by atoms with Crippen molar-refractivity contribution in [2.45, 2.75) is 84.0 Å². The molecule has 2 heteroatoms. The van der Waals surface area contributed by atoms with E-state index in [2.05, 4.69) is 43.0 Å². The molecule has 0 N–H and O–H groups in total. The van der Waals surface area contributed by atoms with Crippen LogP contribution in [0.2, 0.25) is 5.02 Å². The molecule has 0 aliphatic heterocycles. The number of hydrogen-bond acceptors (Lipinski definition) is 0. The van der Waals surface area contributed by atoms with Gasteiger partial charge in [0.05, 0.1) is 5.02 Å². The van der Waals surface area contributed by atoms with Crippen LogP contribution in [0.25, 0.3) is 0 Å². The first-order valence-electron chi connectivity index (χ1n) is 12.2. The number of aryl methyl sites for hydroxylation is 1. The van der Waals surface area contributed by atoms with E-state index in [4.69, 9.17) is 11.6 Å². The van der Waals surface area contributed by atoms with Crippen molar-refractivity contribution in [1.82, 2.24) is 0 Å². The summed E-state index contributed by atoms with van der Waals surface area (Å²) < 4.78 is 13.5. The van der Waals surface area contributed by atoms with Crippen molar-refractivity contribution in [1.29, 1.82) is 0 Å². The maximum absolute atomic E-state index is 13.5. The van der Waals surface area contributed by atoms with Gasteiger partial charge in [0.2, 0.25) is 0 Å². The Hall–Kier alpha value is -1.78. The van der Waals surface area contributed by atoms with Crippen LogP contribution in [-0.2, 0) is 6.42 Å². The predicted octanol–water partition coefficient (Wildman–Crippen LogP) is 8.98. The average molecular weight is 439 g/mol. The number of benzene rings is 2. The second-order valence-electron chi connectivity index (χ2n) is 9.20. The Labute approximate surface area is 193 Å². The van der Waals surface area contributed by atoms with Gasteiger partial charge in [0.15, 0.2) is 0 Å². The zero-order valence-electron chi connectivity index (χ0n) is 18.9. The lowest BCUT2D eigenvalue weighted by Gasteiger charge is -2.28. The molecule has 0 nitrogen and oxygen atoms in total. The fraction of sp³-hybridized carbons (Fsp3) is 0.517. The smallest absolute Gasteiger partial charge is 0.143 e. The van der Waals surface area contributed by atoms with Crippen molar-refractivity contribution in [3.63, 3.8) is 0 Å². The Morgan fingerprint density at radius 2 is 1.42 bits per heavy atom. The van der Waals surface area contributed by atoms with Gasteiger partial charge in [-0.3, -0.25) is 0 Å². The maximum Gasteiger partial charge on any atom is 0.143 e. The monoisotopic (exact) mass is 438 g/mol. The molecule has 0 aromatic heterocycles. The summed E-state index contributed by atoms with van der Waals surface area (Å²) >= 11 is 5.72. The van der Waals surface area contributed by atoms with E-state index in [9.17, 15) is 4.39 Å². The van der Waals surface area contributed by atoms with Crippen LogP contribution in [0.15, 0.2) is 42.5 Å². The summed E-state index contributed by atoms with van der Waals surface area (Å²) in [5, 5.41) is 0.130. The SMILES string of the molecule is CCCCCCC[C@H]1CC[C@H](CCc2ccc(C#Cc3ccc(Cl)c(F)c3)cc2)CC1. The van der Waals surface area contributed by atoms with Gasteiger partial charge in [0.1, 0.15) is 5.82 Å². The molecule has 2 aromatic carbocycles. The topological polar surface area (TPSA) is 0 Å². The third-order valence-corrected chi connectivity index (χ3v) is 7.05. The van der Waals surface area contributed by atoms with E-state index in [-0.39, 0.29) is 5.02 Å². The molecule has 0 heterocycles. The lowest BCUT2D eigenvalue weighted by molar-refractivity contribution is 0.248. The summed E-state index contributed by atoms with van der Waals surface area (Å²) in [4.78, 5) is 0. The van der Waals surface area contributed by atoms with Gasteiger partial charge in [-0.05, 0) is 60.6 Å². The third kappa shape index (κ3) is 8.34. The zero-order chi connectivity index (χ0) is 21.9. The summed E-state index contributed by atoms with van der Waals surface area (Å²) in [5.74, 6) is 7.59. The van der Waals surface area contributed by atoms with E-state index in [1.54, 1.807) is 12.1 Å². The van der Waals surface area contributed by atoms with E-state index >= 15 is 0 Å². The molecule has 166 valence electrons. The minimum Gasteiger partial charge on any atom is -0.205 e. The molecule has 0 spiro atoms. The first-order valence-corrected chi connectivity index (χ1v) is 12.6. The third-order valence-electron chi connectivity index (χ3n) is 6.75. The van der Waals surface area contributed by atoms with Crippen LogP contribution in [0.5, 0.6) is 0 Å². The first kappa shape index (κ1) is 23.9. The Kier molecular flexibility index (Phi) is 9.95. The van der Waals surface area contributed by atoms with E-state index in [0.717, 1.165) is 23.8 Å². The van der Waals surface area contributed by atoms with Crippen LogP contribution in [0.1, 0.15) is 94.2 Å². The molecular formula is C29H36ClF. The van der Waals surface area contributed by atoms with Crippen molar-refractivity contribution in [3.05, 3.63) is 70.0 Å². The number of halogens is 2. The van der Waals surface area contributed by atoms with Gasteiger partial charge in [-0.15, -0.1) is 0 Å². The van der Waals surface area contributed by atoms with Crippen LogP contribution >= 0.6 is 11.6 Å². The summed E-state index contributed by atoms with van der Waals surface area (Å²) in [7, 11) is 0. The fourth-order valence-electron chi connectivity index (χ4n) is 4.69. The van der Waals surface area contributed by atoms with Crippen LogP contribution in [0, 0.1) is 29.5 Å². The molecule has 1 saturated carbocycles. The normalized spacial score (nSPS) is 18.4.